The van der Waals surface area contributed by atoms with Crippen LogP contribution in [0.3, 0.4) is 0 Å². The third kappa shape index (κ3) is 3.95. The van der Waals surface area contributed by atoms with Crippen molar-refractivity contribution in [3.63, 3.8) is 0 Å². The van der Waals surface area contributed by atoms with E-state index >= 15 is 0 Å². The molecule has 2 atom stereocenters. The standard InChI is InChI=1S/C20H24N8O/c1-13-8-15(16-10-21-6-7-22-16)9-23-20(13)26-18(29)11-28-12-24-19(14(28)2)17-4-5-25-27(17)3/h4-7,9-10,12-13,18,29H,8,11H2,1-3H3,(H,23,26). The van der Waals surface area contributed by atoms with Crippen molar-refractivity contribution in [1.29, 1.82) is 0 Å². The molecule has 0 amide bonds. The lowest BCUT2D eigenvalue weighted by atomic mass is 9.95. The fourth-order valence-corrected chi connectivity index (χ4v) is 3.46. The Balaban J connectivity index is 1.47. The van der Waals surface area contributed by atoms with E-state index in [0.717, 1.165) is 40.6 Å². The van der Waals surface area contributed by atoms with Gasteiger partial charge in [-0.05, 0) is 25.0 Å². The van der Waals surface area contributed by atoms with E-state index in [4.69, 9.17) is 0 Å². The summed E-state index contributed by atoms with van der Waals surface area (Å²) in [5, 5.41) is 17.9. The Morgan fingerprint density at radius 3 is 2.86 bits per heavy atom. The zero-order valence-corrected chi connectivity index (χ0v) is 16.7. The number of allylic oxidation sites excluding steroid dienone is 1. The van der Waals surface area contributed by atoms with Gasteiger partial charge in [-0.1, -0.05) is 6.92 Å². The van der Waals surface area contributed by atoms with Crippen LogP contribution < -0.4 is 5.32 Å². The molecule has 4 rings (SSSR count). The van der Waals surface area contributed by atoms with Gasteiger partial charge in [0, 0.05) is 43.4 Å². The SMILES string of the molecule is Cc1c(-c2ccnn2C)ncn1CC(O)N=C1NC=C(c2cnccn2)CC1C. The molecule has 1 aliphatic rings. The van der Waals surface area contributed by atoms with Crippen molar-refractivity contribution in [2.75, 3.05) is 0 Å². The highest BCUT2D eigenvalue weighted by molar-refractivity contribution is 5.90. The van der Waals surface area contributed by atoms with E-state index in [-0.39, 0.29) is 5.92 Å². The molecular weight excluding hydrogens is 368 g/mol. The number of aromatic nitrogens is 6. The molecule has 0 spiro atoms. The highest BCUT2D eigenvalue weighted by Gasteiger charge is 2.21. The molecule has 3 aromatic rings. The van der Waals surface area contributed by atoms with Crippen LogP contribution in [-0.4, -0.2) is 46.5 Å². The lowest BCUT2D eigenvalue weighted by Gasteiger charge is -2.23. The molecule has 0 saturated carbocycles. The number of nitrogens with zero attached hydrogens (tertiary/aromatic N) is 7. The fraction of sp³-hybridized carbons (Fsp3) is 0.350. The molecule has 150 valence electrons. The van der Waals surface area contributed by atoms with Crippen molar-refractivity contribution >= 4 is 11.4 Å². The van der Waals surface area contributed by atoms with E-state index in [1.165, 1.54) is 0 Å². The number of rotatable bonds is 5. The highest BCUT2D eigenvalue weighted by Crippen LogP contribution is 2.24. The topological polar surface area (TPSA) is 106 Å². The number of aliphatic imine (C=N–C) groups is 1. The number of hydrogen-bond donors (Lipinski definition) is 2. The third-order valence-electron chi connectivity index (χ3n) is 5.09. The van der Waals surface area contributed by atoms with Gasteiger partial charge in [0.15, 0.2) is 6.23 Å². The largest absolute Gasteiger partial charge is 0.370 e. The van der Waals surface area contributed by atoms with E-state index in [1.54, 1.807) is 35.8 Å². The number of aliphatic hydroxyl groups is 1. The van der Waals surface area contributed by atoms with Crippen molar-refractivity contribution < 1.29 is 5.11 Å². The molecule has 4 heterocycles. The maximum atomic E-state index is 10.5. The summed E-state index contributed by atoms with van der Waals surface area (Å²) in [7, 11) is 1.88. The van der Waals surface area contributed by atoms with Gasteiger partial charge in [0.25, 0.3) is 0 Å². The number of amidine groups is 1. The molecule has 0 radical (unpaired) electrons. The minimum Gasteiger partial charge on any atom is -0.370 e. The minimum atomic E-state index is -0.876. The number of aryl methyl sites for hydroxylation is 1. The second-order valence-electron chi connectivity index (χ2n) is 7.18. The Labute approximate surface area is 168 Å². The van der Waals surface area contributed by atoms with E-state index in [0.29, 0.717) is 6.54 Å². The lowest BCUT2D eigenvalue weighted by Crippen LogP contribution is -2.32. The molecular formula is C20H24N8O. The second-order valence-corrected chi connectivity index (χ2v) is 7.18. The summed E-state index contributed by atoms with van der Waals surface area (Å²) in [5.74, 6) is 0.898. The molecule has 29 heavy (non-hydrogen) atoms. The molecule has 2 unspecified atom stereocenters. The van der Waals surface area contributed by atoms with Gasteiger partial charge in [-0.25, -0.2) is 9.98 Å². The first-order valence-corrected chi connectivity index (χ1v) is 9.50. The Morgan fingerprint density at radius 2 is 2.17 bits per heavy atom. The van der Waals surface area contributed by atoms with Crippen LogP contribution in [0.25, 0.3) is 17.0 Å². The predicted octanol–water partition coefficient (Wildman–Crippen LogP) is 1.77. The number of hydrogen-bond acceptors (Lipinski definition) is 6. The smallest absolute Gasteiger partial charge is 0.165 e. The summed E-state index contributed by atoms with van der Waals surface area (Å²) in [6.45, 7) is 4.38. The molecule has 2 N–H and O–H groups in total. The minimum absolute atomic E-state index is 0.139. The van der Waals surface area contributed by atoms with Crippen LogP contribution in [0.15, 0.2) is 48.4 Å². The molecule has 9 heteroatoms. The highest BCUT2D eigenvalue weighted by atomic mass is 16.3. The molecule has 0 saturated heterocycles. The van der Waals surface area contributed by atoms with Gasteiger partial charge in [-0.15, -0.1) is 0 Å². The Kier molecular flexibility index (Phi) is 5.22. The second kappa shape index (κ2) is 7.96. The summed E-state index contributed by atoms with van der Waals surface area (Å²) < 4.78 is 3.69. The van der Waals surface area contributed by atoms with Gasteiger partial charge < -0.3 is 15.0 Å². The van der Waals surface area contributed by atoms with Crippen LogP contribution >= 0.6 is 0 Å². The van der Waals surface area contributed by atoms with Crippen LogP contribution in [0.5, 0.6) is 0 Å². The number of imidazole rings is 1. The number of aliphatic hydroxyl groups excluding tert-OH is 1. The maximum absolute atomic E-state index is 10.5. The first-order chi connectivity index (χ1) is 14.0. The van der Waals surface area contributed by atoms with Gasteiger partial charge in [-0.3, -0.25) is 14.6 Å². The first kappa shape index (κ1) is 19.0. The third-order valence-corrected chi connectivity index (χ3v) is 5.09. The van der Waals surface area contributed by atoms with E-state index in [2.05, 4.69) is 37.3 Å². The summed E-state index contributed by atoms with van der Waals surface area (Å²) in [6, 6.07) is 1.92. The van der Waals surface area contributed by atoms with E-state index < -0.39 is 6.23 Å². The molecule has 0 fully saturated rings. The van der Waals surface area contributed by atoms with Crippen LogP contribution in [0.2, 0.25) is 0 Å². The van der Waals surface area contributed by atoms with Crippen molar-refractivity contribution in [3.8, 4) is 11.4 Å². The van der Waals surface area contributed by atoms with E-state index in [1.807, 2.05) is 30.8 Å². The van der Waals surface area contributed by atoms with Gasteiger partial charge in [0.05, 0.1) is 30.5 Å². The first-order valence-electron chi connectivity index (χ1n) is 9.50. The normalized spacial score (nSPS) is 19.1. The van der Waals surface area contributed by atoms with Crippen LogP contribution in [0.1, 0.15) is 24.7 Å². The van der Waals surface area contributed by atoms with Gasteiger partial charge >= 0.3 is 0 Å². The van der Waals surface area contributed by atoms with Crippen LogP contribution in [-0.2, 0) is 13.6 Å². The zero-order chi connectivity index (χ0) is 20.4. The Hall–Kier alpha value is -3.33. The van der Waals surface area contributed by atoms with Crippen molar-refractivity contribution in [2.45, 2.75) is 33.0 Å². The van der Waals surface area contributed by atoms with Crippen molar-refractivity contribution in [1.82, 2.24) is 34.6 Å². The Morgan fingerprint density at radius 1 is 1.31 bits per heavy atom. The van der Waals surface area contributed by atoms with Gasteiger partial charge in [0.1, 0.15) is 11.5 Å². The van der Waals surface area contributed by atoms with Gasteiger partial charge in [-0.2, -0.15) is 5.10 Å². The average molecular weight is 392 g/mol. The number of nitrogens with one attached hydrogen (secondary N) is 1. The Bertz CT molecular complexity index is 1050. The summed E-state index contributed by atoms with van der Waals surface area (Å²) >= 11 is 0. The summed E-state index contributed by atoms with van der Waals surface area (Å²) in [4.78, 5) is 17.4. The van der Waals surface area contributed by atoms with E-state index in [9.17, 15) is 5.11 Å². The fourth-order valence-electron chi connectivity index (χ4n) is 3.46. The maximum Gasteiger partial charge on any atom is 0.165 e. The van der Waals surface area contributed by atoms with Crippen LogP contribution in [0.4, 0.5) is 0 Å². The monoisotopic (exact) mass is 392 g/mol. The van der Waals surface area contributed by atoms with Crippen molar-refractivity contribution in [2.24, 2.45) is 18.0 Å². The predicted molar refractivity (Wildman–Crippen MR) is 110 cm³/mol. The van der Waals surface area contributed by atoms with Crippen LogP contribution in [0, 0.1) is 12.8 Å². The quantitative estimate of drug-likeness (QED) is 0.685. The molecule has 1 aliphatic heterocycles. The average Bonchev–Trinajstić information content (AvgIpc) is 3.29. The summed E-state index contributed by atoms with van der Waals surface area (Å²) in [5.41, 5.74) is 4.67. The molecule has 0 aliphatic carbocycles. The zero-order valence-electron chi connectivity index (χ0n) is 16.7. The molecule has 0 bridgehead atoms. The molecule has 0 aromatic carbocycles. The summed E-state index contributed by atoms with van der Waals surface area (Å²) in [6.07, 6.45) is 10.4. The molecule has 9 nitrogen and oxygen atoms in total. The van der Waals surface area contributed by atoms with Crippen molar-refractivity contribution in [3.05, 3.63) is 54.8 Å². The molecule has 3 aromatic heterocycles. The van der Waals surface area contributed by atoms with Gasteiger partial charge in [0.2, 0.25) is 0 Å². The lowest BCUT2D eigenvalue weighted by molar-refractivity contribution is 0.162.